The number of aliphatic hydroxyl groups is 1. The van der Waals surface area contributed by atoms with Crippen LogP contribution < -0.4 is 5.32 Å². The van der Waals surface area contributed by atoms with E-state index in [-0.39, 0.29) is 23.9 Å². The van der Waals surface area contributed by atoms with E-state index in [4.69, 9.17) is 24.9 Å². The summed E-state index contributed by atoms with van der Waals surface area (Å²) >= 11 is 0. The maximum absolute atomic E-state index is 13.6. The van der Waals surface area contributed by atoms with E-state index in [0.717, 1.165) is 52.2 Å². The summed E-state index contributed by atoms with van der Waals surface area (Å²) in [6.07, 6.45) is 1.22. The number of aliphatic carboxylic acids is 1. The van der Waals surface area contributed by atoms with Crippen LogP contribution in [0.2, 0.25) is 0 Å². The molecule has 0 unspecified atom stereocenters. The summed E-state index contributed by atoms with van der Waals surface area (Å²) in [6.45, 7) is 4.16. The van der Waals surface area contributed by atoms with Gasteiger partial charge in [0.15, 0.2) is 0 Å². The van der Waals surface area contributed by atoms with Crippen LogP contribution in [0.4, 0.5) is 22.8 Å². The average molecular weight is 893 g/mol. The Kier molecular flexibility index (Phi) is 14.2. The number of aromatic amines is 2. The minimum absolute atomic E-state index is 0.186. The van der Waals surface area contributed by atoms with Gasteiger partial charge in [0.2, 0.25) is 11.8 Å². The predicted octanol–water partition coefficient (Wildman–Crippen LogP) is 5.39. The Bertz CT molecular complexity index is 2490. The minimum Gasteiger partial charge on any atom is -0.475 e. The second-order valence-corrected chi connectivity index (χ2v) is 15.5. The number of hydrogen-bond donors (Lipinski definition) is 6. The Morgan fingerprint density at radius 1 is 0.859 bits per heavy atom. The van der Waals surface area contributed by atoms with Crippen molar-refractivity contribution >= 4 is 41.0 Å². The molecule has 4 atom stereocenters. The molecule has 64 heavy (non-hydrogen) atoms. The van der Waals surface area contributed by atoms with Crippen LogP contribution in [0.3, 0.4) is 0 Å². The van der Waals surface area contributed by atoms with Gasteiger partial charge in [-0.05, 0) is 43.7 Å². The van der Waals surface area contributed by atoms with Crippen LogP contribution in [0.15, 0.2) is 61.1 Å². The molecule has 0 aliphatic carbocycles. The van der Waals surface area contributed by atoms with Gasteiger partial charge in [-0.2, -0.15) is 13.2 Å². The number of alkyl carbamates (subject to hydrolysis) is 1. The molecular formula is C42H47F3N10O9. The van der Waals surface area contributed by atoms with Crippen LogP contribution in [0.25, 0.3) is 44.8 Å². The maximum atomic E-state index is 13.6. The topological polar surface area (TPSA) is 260 Å². The number of alkyl halides is 3. The van der Waals surface area contributed by atoms with Crippen LogP contribution in [0, 0.1) is 5.92 Å². The molecule has 22 heteroatoms. The number of carboxylic acids is 1. The van der Waals surface area contributed by atoms with Gasteiger partial charge in [-0.15, -0.1) is 0 Å². The number of amides is 4. The number of ether oxygens (including phenoxy) is 1. The first-order valence-electron chi connectivity index (χ1n) is 20.2. The number of carboxylic acid groups (broad SMARTS) is 2. The zero-order chi connectivity index (χ0) is 46.5. The highest BCUT2D eigenvalue weighted by molar-refractivity contribution is 5.87. The molecule has 6 N–H and O–H groups in total. The number of rotatable bonds is 11. The monoisotopic (exact) mass is 892 g/mol. The molecule has 5 heterocycles. The van der Waals surface area contributed by atoms with Crippen LogP contribution >= 0.6 is 0 Å². The number of aliphatic hydroxyl groups excluding tert-OH is 1. The molecule has 0 bridgehead atoms. The zero-order valence-electron chi connectivity index (χ0n) is 35.2. The molecule has 19 nitrogen and oxygen atoms in total. The van der Waals surface area contributed by atoms with Gasteiger partial charge >= 0.3 is 24.3 Å². The molecule has 7 rings (SSSR count). The maximum Gasteiger partial charge on any atom is 0.490 e. The van der Waals surface area contributed by atoms with E-state index >= 15 is 0 Å². The smallest absolute Gasteiger partial charge is 0.475 e. The number of aromatic nitrogens is 6. The molecule has 2 aliphatic rings. The normalized spacial score (nSPS) is 17.1. The van der Waals surface area contributed by atoms with Crippen LogP contribution in [0.5, 0.6) is 0 Å². The number of hydrogen-bond acceptors (Lipinski definition) is 11. The molecular weight excluding hydrogens is 846 g/mol. The highest BCUT2D eigenvalue weighted by atomic mass is 19.4. The van der Waals surface area contributed by atoms with E-state index in [1.807, 2.05) is 62.5 Å². The van der Waals surface area contributed by atoms with Crippen molar-refractivity contribution in [3.05, 3.63) is 72.7 Å². The van der Waals surface area contributed by atoms with Crippen LogP contribution in [-0.2, 0) is 19.1 Å². The van der Waals surface area contributed by atoms with Crippen molar-refractivity contribution in [3.8, 4) is 33.8 Å². The first-order chi connectivity index (χ1) is 30.4. The van der Waals surface area contributed by atoms with Gasteiger partial charge in [-0.3, -0.25) is 19.5 Å². The number of fused-ring (bicyclic) bond motifs is 1. The molecule has 0 radical (unpaired) electrons. The molecule has 2 fully saturated rings. The van der Waals surface area contributed by atoms with Crippen molar-refractivity contribution in [2.24, 2.45) is 5.92 Å². The highest BCUT2D eigenvalue weighted by Gasteiger charge is 2.40. The van der Waals surface area contributed by atoms with E-state index in [9.17, 15) is 42.6 Å². The van der Waals surface area contributed by atoms with E-state index in [2.05, 4.69) is 25.0 Å². The van der Waals surface area contributed by atoms with Crippen molar-refractivity contribution in [1.29, 1.82) is 0 Å². The van der Waals surface area contributed by atoms with Gasteiger partial charge in [-0.25, -0.2) is 29.3 Å². The summed E-state index contributed by atoms with van der Waals surface area (Å²) in [5.41, 5.74) is 6.20. The van der Waals surface area contributed by atoms with E-state index in [1.165, 1.54) is 14.2 Å². The fourth-order valence-electron chi connectivity index (χ4n) is 7.84. The van der Waals surface area contributed by atoms with Crippen molar-refractivity contribution < 1.29 is 57.2 Å². The number of imidazole rings is 2. The molecule has 2 saturated heterocycles. The Labute approximate surface area is 363 Å². The third-order valence-electron chi connectivity index (χ3n) is 11.0. The lowest BCUT2D eigenvalue weighted by molar-refractivity contribution is -0.192. The fourth-order valence-corrected chi connectivity index (χ4v) is 7.84. The summed E-state index contributed by atoms with van der Waals surface area (Å²) in [5.74, 6) is -2.28. The minimum atomic E-state index is -5.08. The number of nitrogens with one attached hydrogen (secondary N) is 3. The molecule has 2 aromatic carbocycles. The number of carbonyl (C=O) groups excluding carboxylic acids is 3. The second-order valence-electron chi connectivity index (χ2n) is 15.5. The summed E-state index contributed by atoms with van der Waals surface area (Å²) < 4.78 is 36.3. The van der Waals surface area contributed by atoms with Crippen LogP contribution in [-0.4, -0.2) is 142 Å². The van der Waals surface area contributed by atoms with Gasteiger partial charge in [0, 0.05) is 43.0 Å². The van der Waals surface area contributed by atoms with Crippen molar-refractivity contribution in [2.45, 2.75) is 69.9 Å². The first kappa shape index (κ1) is 46.4. The largest absolute Gasteiger partial charge is 0.490 e. The lowest BCUT2D eigenvalue weighted by Crippen LogP contribution is -2.51. The summed E-state index contributed by atoms with van der Waals surface area (Å²) in [6, 6.07) is 11.1. The predicted molar refractivity (Wildman–Crippen MR) is 222 cm³/mol. The second kappa shape index (κ2) is 19.5. The van der Waals surface area contributed by atoms with Gasteiger partial charge in [0.25, 0.3) is 0 Å². The number of H-pyrrole nitrogens is 2. The van der Waals surface area contributed by atoms with Gasteiger partial charge < -0.3 is 45.1 Å². The Morgan fingerprint density at radius 3 is 2.03 bits per heavy atom. The highest BCUT2D eigenvalue weighted by Crippen LogP contribution is 2.35. The van der Waals surface area contributed by atoms with E-state index < -0.39 is 48.9 Å². The zero-order valence-corrected chi connectivity index (χ0v) is 35.2. The molecule has 5 aromatic rings. The first-order valence-corrected chi connectivity index (χ1v) is 20.2. The summed E-state index contributed by atoms with van der Waals surface area (Å²) in [7, 11) is 2.63. The molecule has 0 saturated carbocycles. The third-order valence-corrected chi connectivity index (χ3v) is 11.0. The number of methoxy groups -OCH3 is 1. The van der Waals surface area contributed by atoms with Crippen molar-refractivity contribution in [1.82, 2.24) is 49.9 Å². The summed E-state index contributed by atoms with van der Waals surface area (Å²) in [4.78, 5) is 89.2. The van der Waals surface area contributed by atoms with Gasteiger partial charge in [0.05, 0.1) is 66.3 Å². The van der Waals surface area contributed by atoms with Crippen molar-refractivity contribution in [2.75, 3.05) is 33.9 Å². The van der Waals surface area contributed by atoms with Crippen molar-refractivity contribution in [3.63, 3.8) is 0 Å². The summed E-state index contributed by atoms with van der Waals surface area (Å²) in [5, 5.41) is 28.8. The third kappa shape index (κ3) is 10.2. The molecule has 2 aliphatic heterocycles. The van der Waals surface area contributed by atoms with E-state index in [0.29, 0.717) is 47.9 Å². The molecule has 340 valence electrons. The van der Waals surface area contributed by atoms with E-state index in [1.54, 1.807) is 22.2 Å². The Hall–Kier alpha value is -7.10. The number of halogens is 3. The Balaban J connectivity index is 0.000000898. The average Bonchev–Trinajstić information content (AvgIpc) is 4.12. The number of likely N-dealkylation sites (N-methyl/N-ethyl adjacent to an activating group) is 1. The molecule has 4 amide bonds. The molecule has 3 aromatic heterocycles. The lowest BCUT2D eigenvalue weighted by Gasteiger charge is -2.33. The number of likely N-dealkylation sites (tertiary alicyclic amines) is 2. The van der Waals surface area contributed by atoms with Gasteiger partial charge in [-0.1, -0.05) is 44.2 Å². The van der Waals surface area contributed by atoms with Gasteiger partial charge in [0.1, 0.15) is 23.7 Å². The fraction of sp³-hybridized carbons (Fsp3) is 0.405. The number of carbonyl (C=O) groups is 5. The molecule has 0 spiro atoms. The standard InChI is InChI=1S/C40H46N10O7.C2HF3O2/c1-22(2)34(48(3)40(55)56)38(53)50-16-6-8-33(50)36-42-19-29(45-36)24-11-9-23(10-12-24)28-18-41-27-17-25(13-14-26(27)44-28)30-20-43-35(46-30)32-7-5-15-49(32)37(52)31(21-51)47-39(54)57-4;3-2(4,5)1(6)7/h9-14,17-20,22,31-34,51H,5-8,15-16,21H2,1-4H3,(H,42,45)(H,43,46)(H,47,54)(H,55,56);(H,6,7)/t31-,32-,33-,34-;/m0./s1. The van der Waals surface area contributed by atoms with Crippen LogP contribution in [0.1, 0.15) is 63.3 Å². The Morgan fingerprint density at radius 2 is 1.45 bits per heavy atom. The SMILES string of the molecule is COC(=O)N[C@@H](CO)C(=O)N1CCC[C@H]1c1ncc(-c2ccc3nc(-c4ccc(-c5c[nH]c([C@@H]6CCCN6C(=O)[C@H](C(C)C)N(C)C(=O)O)n5)cc4)cnc3c2)[nH]1.O=C(O)C(F)(F)F. The number of benzene rings is 2. The quantitative estimate of drug-likeness (QED) is 0.0974. The number of nitrogens with zero attached hydrogens (tertiary/aromatic N) is 7. The lowest BCUT2D eigenvalue weighted by atomic mass is 10.0.